The molecule has 4 unspecified atom stereocenters. The maximum Gasteiger partial charge on any atom is 0.169 e. The second-order valence-corrected chi connectivity index (χ2v) is 5.60. The topological polar surface area (TPSA) is 99.4 Å². The van der Waals surface area contributed by atoms with E-state index in [2.05, 4.69) is 0 Å². The van der Waals surface area contributed by atoms with Crippen LogP contribution in [0.5, 0.6) is 0 Å². The molecule has 2 saturated carbocycles. The van der Waals surface area contributed by atoms with Crippen molar-refractivity contribution in [1.29, 1.82) is 0 Å². The third-order valence-corrected chi connectivity index (χ3v) is 4.36. The van der Waals surface area contributed by atoms with Crippen molar-refractivity contribution in [2.45, 2.75) is 74.5 Å². The third-order valence-electron chi connectivity index (χ3n) is 4.36. The maximum atomic E-state index is 9.92. The molecule has 104 valence electrons. The van der Waals surface area contributed by atoms with E-state index in [1.165, 1.54) is 0 Å². The molecular weight excluding hydrogens is 240 g/mol. The average Bonchev–Trinajstić information content (AvgIpc) is 2.74. The Bertz CT molecular complexity index is 292. The monoisotopic (exact) mass is 260 g/mol. The molecule has 18 heavy (non-hydrogen) atoms. The molecule has 6 atom stereocenters. The summed E-state index contributed by atoms with van der Waals surface area (Å²) in [7, 11) is 0. The van der Waals surface area contributed by atoms with Gasteiger partial charge in [0, 0.05) is 12.8 Å². The number of aliphatic hydroxyl groups excluding tert-OH is 4. The molecule has 3 rings (SSSR count). The molecule has 0 bridgehead atoms. The molecular formula is C12H20O6. The molecule has 0 amide bonds. The highest BCUT2D eigenvalue weighted by atomic mass is 16.8. The Hall–Kier alpha value is -0.240. The first-order valence-electron chi connectivity index (χ1n) is 6.62. The molecule has 6 heteroatoms. The van der Waals surface area contributed by atoms with Gasteiger partial charge in [0.2, 0.25) is 0 Å². The van der Waals surface area contributed by atoms with Gasteiger partial charge in [0.15, 0.2) is 5.79 Å². The zero-order valence-electron chi connectivity index (χ0n) is 10.1. The van der Waals surface area contributed by atoms with Crippen LogP contribution >= 0.6 is 0 Å². The minimum atomic E-state index is -1.40. The van der Waals surface area contributed by atoms with E-state index < -0.39 is 42.4 Å². The fourth-order valence-electron chi connectivity index (χ4n) is 3.30. The van der Waals surface area contributed by atoms with Crippen LogP contribution in [0.1, 0.15) is 32.1 Å². The zero-order chi connectivity index (χ0) is 12.9. The Morgan fingerprint density at radius 3 is 1.56 bits per heavy atom. The molecule has 3 aliphatic rings. The average molecular weight is 260 g/mol. The van der Waals surface area contributed by atoms with Crippen molar-refractivity contribution in [3.05, 3.63) is 0 Å². The number of hydrogen-bond acceptors (Lipinski definition) is 6. The SMILES string of the molecule is OC1C(O)[C@@H]2OC3(CCCCC3)OC2C(O)[C@@H]1O. The van der Waals surface area contributed by atoms with Crippen LogP contribution in [0, 0.1) is 0 Å². The lowest BCUT2D eigenvalue weighted by atomic mass is 9.85. The smallest absolute Gasteiger partial charge is 0.169 e. The Balaban J connectivity index is 1.82. The van der Waals surface area contributed by atoms with Gasteiger partial charge >= 0.3 is 0 Å². The lowest BCUT2D eigenvalue weighted by molar-refractivity contribution is -0.203. The highest BCUT2D eigenvalue weighted by Crippen LogP contribution is 2.44. The molecule has 1 saturated heterocycles. The lowest BCUT2D eigenvalue weighted by Gasteiger charge is -2.38. The summed E-state index contributed by atoms with van der Waals surface area (Å²) < 4.78 is 11.6. The normalized spacial score (nSPS) is 51.3. The zero-order valence-corrected chi connectivity index (χ0v) is 10.1. The van der Waals surface area contributed by atoms with Crippen molar-refractivity contribution in [1.82, 2.24) is 0 Å². The Labute approximate surface area is 105 Å². The van der Waals surface area contributed by atoms with Gasteiger partial charge < -0.3 is 29.9 Å². The summed E-state index contributed by atoms with van der Waals surface area (Å²) in [4.78, 5) is 0. The Kier molecular flexibility index (Phi) is 3.12. The minimum Gasteiger partial charge on any atom is -0.387 e. The van der Waals surface area contributed by atoms with Gasteiger partial charge in [0.25, 0.3) is 0 Å². The van der Waals surface area contributed by atoms with Crippen molar-refractivity contribution in [2.75, 3.05) is 0 Å². The van der Waals surface area contributed by atoms with Crippen LogP contribution in [0.25, 0.3) is 0 Å². The van der Waals surface area contributed by atoms with Crippen LogP contribution in [0.15, 0.2) is 0 Å². The van der Waals surface area contributed by atoms with Gasteiger partial charge in [-0.15, -0.1) is 0 Å². The Morgan fingerprint density at radius 2 is 1.11 bits per heavy atom. The van der Waals surface area contributed by atoms with E-state index in [0.29, 0.717) is 0 Å². The molecule has 3 fully saturated rings. The highest BCUT2D eigenvalue weighted by Gasteiger charge is 2.59. The van der Waals surface area contributed by atoms with Crippen molar-refractivity contribution >= 4 is 0 Å². The first-order valence-corrected chi connectivity index (χ1v) is 6.62. The van der Waals surface area contributed by atoms with E-state index in [1.807, 2.05) is 0 Å². The largest absolute Gasteiger partial charge is 0.387 e. The van der Waals surface area contributed by atoms with E-state index in [9.17, 15) is 20.4 Å². The standard InChI is InChI=1S/C12H20O6/c13-6-7(14)9(16)11-10(8(6)15)17-12(18-11)4-2-1-3-5-12/h6-11,13-16H,1-5H2/t6-,7?,8?,9?,10?,11+/m1/s1. The third kappa shape index (κ3) is 1.79. The number of aliphatic hydroxyl groups is 4. The number of ether oxygens (including phenoxy) is 2. The highest BCUT2D eigenvalue weighted by molar-refractivity contribution is 5.04. The summed E-state index contributed by atoms with van der Waals surface area (Å²) in [5, 5.41) is 39.2. The first-order chi connectivity index (χ1) is 8.54. The summed E-state index contributed by atoms with van der Waals surface area (Å²) in [5.41, 5.74) is 0. The van der Waals surface area contributed by atoms with Gasteiger partial charge in [-0.3, -0.25) is 0 Å². The lowest BCUT2D eigenvalue weighted by Crippen LogP contribution is -2.62. The summed E-state index contributed by atoms with van der Waals surface area (Å²) in [6.45, 7) is 0. The van der Waals surface area contributed by atoms with Gasteiger partial charge in [-0.2, -0.15) is 0 Å². The molecule has 1 heterocycles. The molecule has 1 spiro atoms. The number of fused-ring (bicyclic) bond motifs is 1. The Morgan fingerprint density at radius 1 is 0.667 bits per heavy atom. The molecule has 4 N–H and O–H groups in total. The second-order valence-electron chi connectivity index (χ2n) is 5.60. The summed E-state index contributed by atoms with van der Waals surface area (Å²) in [6.07, 6.45) is -2.24. The van der Waals surface area contributed by atoms with E-state index >= 15 is 0 Å². The van der Waals surface area contributed by atoms with Crippen molar-refractivity contribution in [3.8, 4) is 0 Å². The molecule has 2 aliphatic carbocycles. The van der Waals surface area contributed by atoms with Crippen LogP contribution in [0.3, 0.4) is 0 Å². The maximum absolute atomic E-state index is 9.92. The van der Waals surface area contributed by atoms with Crippen LogP contribution < -0.4 is 0 Å². The van der Waals surface area contributed by atoms with E-state index in [1.54, 1.807) is 0 Å². The second kappa shape index (κ2) is 4.40. The van der Waals surface area contributed by atoms with Gasteiger partial charge in [-0.25, -0.2) is 0 Å². The van der Waals surface area contributed by atoms with Gasteiger partial charge in [0.1, 0.15) is 36.6 Å². The van der Waals surface area contributed by atoms with Crippen LogP contribution in [0.2, 0.25) is 0 Å². The fourth-order valence-corrected chi connectivity index (χ4v) is 3.30. The van der Waals surface area contributed by atoms with Gasteiger partial charge in [-0.05, 0) is 12.8 Å². The fraction of sp³-hybridized carbons (Fsp3) is 1.00. The first kappa shape index (κ1) is 12.8. The predicted octanol–water partition coefficient (Wildman–Crippen LogP) is -1.11. The summed E-state index contributed by atoms with van der Waals surface area (Å²) in [5.74, 6) is -0.751. The molecule has 0 radical (unpaired) electrons. The van der Waals surface area contributed by atoms with Crippen LogP contribution in [-0.4, -0.2) is 62.8 Å². The van der Waals surface area contributed by atoms with Gasteiger partial charge in [0.05, 0.1) is 0 Å². The quantitative estimate of drug-likeness (QED) is 0.441. The summed E-state index contributed by atoms with van der Waals surface area (Å²) in [6, 6.07) is 0. The van der Waals surface area contributed by atoms with E-state index in [4.69, 9.17) is 9.47 Å². The van der Waals surface area contributed by atoms with Crippen molar-refractivity contribution < 1.29 is 29.9 Å². The van der Waals surface area contributed by atoms with Crippen LogP contribution in [-0.2, 0) is 9.47 Å². The van der Waals surface area contributed by atoms with Gasteiger partial charge in [-0.1, -0.05) is 6.42 Å². The van der Waals surface area contributed by atoms with E-state index in [0.717, 1.165) is 32.1 Å². The summed E-state index contributed by atoms with van der Waals surface area (Å²) >= 11 is 0. The molecule has 6 nitrogen and oxygen atoms in total. The molecule has 1 aliphatic heterocycles. The van der Waals surface area contributed by atoms with E-state index in [-0.39, 0.29) is 0 Å². The number of hydrogen-bond donors (Lipinski definition) is 4. The van der Waals surface area contributed by atoms with Crippen molar-refractivity contribution in [3.63, 3.8) is 0 Å². The molecule has 0 aromatic carbocycles. The predicted molar refractivity (Wildman–Crippen MR) is 59.6 cm³/mol. The molecule has 0 aromatic heterocycles. The number of rotatable bonds is 0. The molecule has 0 aromatic rings. The van der Waals surface area contributed by atoms with Crippen LogP contribution in [0.4, 0.5) is 0 Å². The minimum absolute atomic E-state index is 0.728. The van der Waals surface area contributed by atoms with Crippen molar-refractivity contribution in [2.24, 2.45) is 0 Å².